The third kappa shape index (κ3) is 5.49. The third-order valence-electron chi connectivity index (χ3n) is 2.54. The SMILES string of the molecule is NC(=O)c1ccccc1OCC(=O)NCC[C@H](O)C(=O)O. The van der Waals surface area contributed by atoms with E-state index in [4.69, 9.17) is 20.7 Å². The van der Waals surface area contributed by atoms with Gasteiger partial charge in [0.15, 0.2) is 12.7 Å². The maximum absolute atomic E-state index is 11.5. The smallest absolute Gasteiger partial charge is 0.332 e. The van der Waals surface area contributed by atoms with Crippen molar-refractivity contribution >= 4 is 17.8 Å². The number of ether oxygens (including phenoxy) is 1. The van der Waals surface area contributed by atoms with Crippen LogP contribution in [0.15, 0.2) is 24.3 Å². The Balaban J connectivity index is 2.40. The van der Waals surface area contributed by atoms with E-state index in [0.717, 1.165) is 0 Å². The minimum Gasteiger partial charge on any atom is -0.483 e. The highest BCUT2D eigenvalue weighted by Crippen LogP contribution is 2.16. The second kappa shape index (κ2) is 7.85. The number of primary amides is 1. The maximum Gasteiger partial charge on any atom is 0.332 e. The summed E-state index contributed by atoms with van der Waals surface area (Å²) in [5, 5.41) is 19.8. The number of aliphatic hydroxyl groups is 1. The first kappa shape index (κ1) is 16.4. The zero-order valence-electron chi connectivity index (χ0n) is 11.1. The molecule has 0 radical (unpaired) electrons. The predicted molar refractivity (Wildman–Crippen MR) is 71.7 cm³/mol. The van der Waals surface area contributed by atoms with Gasteiger partial charge < -0.3 is 26.0 Å². The van der Waals surface area contributed by atoms with Gasteiger partial charge in [-0.2, -0.15) is 0 Å². The van der Waals surface area contributed by atoms with Crippen molar-refractivity contribution in [3.05, 3.63) is 29.8 Å². The Hall–Kier alpha value is -2.61. The van der Waals surface area contributed by atoms with E-state index in [2.05, 4.69) is 5.32 Å². The van der Waals surface area contributed by atoms with E-state index >= 15 is 0 Å². The fourth-order valence-corrected chi connectivity index (χ4v) is 1.46. The first-order valence-corrected chi connectivity index (χ1v) is 6.11. The molecule has 0 fully saturated rings. The number of carboxylic acid groups (broad SMARTS) is 1. The fraction of sp³-hybridized carbons (Fsp3) is 0.308. The summed E-state index contributed by atoms with van der Waals surface area (Å²) in [6.07, 6.45) is -1.64. The van der Waals surface area contributed by atoms with Crippen molar-refractivity contribution in [3.8, 4) is 5.75 Å². The van der Waals surface area contributed by atoms with E-state index in [1.54, 1.807) is 12.1 Å². The summed E-state index contributed by atoms with van der Waals surface area (Å²) in [5.74, 6) is -2.34. The lowest BCUT2D eigenvalue weighted by Crippen LogP contribution is -2.33. The summed E-state index contributed by atoms with van der Waals surface area (Å²) in [6.45, 7) is -0.361. The molecule has 1 aromatic rings. The van der Waals surface area contributed by atoms with Crippen molar-refractivity contribution in [2.24, 2.45) is 5.73 Å². The van der Waals surface area contributed by atoms with Gasteiger partial charge in [0.25, 0.3) is 11.8 Å². The molecule has 114 valence electrons. The highest BCUT2D eigenvalue weighted by atomic mass is 16.5. The zero-order valence-corrected chi connectivity index (χ0v) is 11.1. The Kier molecular flexibility index (Phi) is 6.15. The summed E-state index contributed by atoms with van der Waals surface area (Å²) in [7, 11) is 0. The highest BCUT2D eigenvalue weighted by Gasteiger charge is 2.13. The normalized spacial score (nSPS) is 11.5. The molecule has 1 rings (SSSR count). The molecule has 0 aromatic heterocycles. The van der Waals surface area contributed by atoms with Gasteiger partial charge in [-0.15, -0.1) is 0 Å². The maximum atomic E-state index is 11.5. The second-order valence-electron chi connectivity index (χ2n) is 4.14. The van der Waals surface area contributed by atoms with E-state index in [0.29, 0.717) is 0 Å². The lowest BCUT2D eigenvalue weighted by molar-refractivity contribution is -0.147. The quantitative estimate of drug-likeness (QED) is 0.491. The van der Waals surface area contributed by atoms with Gasteiger partial charge in [-0.3, -0.25) is 9.59 Å². The monoisotopic (exact) mass is 296 g/mol. The Bertz CT molecular complexity index is 531. The van der Waals surface area contributed by atoms with Gasteiger partial charge in [-0.05, 0) is 12.1 Å². The molecule has 1 aromatic carbocycles. The summed E-state index contributed by atoms with van der Waals surface area (Å²) in [6, 6.07) is 6.21. The average molecular weight is 296 g/mol. The Morgan fingerprint density at radius 1 is 1.29 bits per heavy atom. The van der Waals surface area contributed by atoms with Gasteiger partial charge >= 0.3 is 5.97 Å². The summed E-state index contributed by atoms with van der Waals surface area (Å²) in [4.78, 5) is 33.0. The predicted octanol–water partition coefficient (Wildman–Crippen LogP) is -0.884. The minimum absolute atomic E-state index is 0.00682. The largest absolute Gasteiger partial charge is 0.483 e. The van der Waals surface area contributed by atoms with Crippen LogP contribution >= 0.6 is 0 Å². The molecule has 5 N–H and O–H groups in total. The van der Waals surface area contributed by atoms with Crippen molar-refractivity contribution in [2.45, 2.75) is 12.5 Å². The molecule has 0 aliphatic rings. The topological polar surface area (TPSA) is 139 Å². The lowest BCUT2D eigenvalue weighted by atomic mass is 10.2. The van der Waals surface area contributed by atoms with Crippen molar-refractivity contribution in [1.82, 2.24) is 5.32 Å². The molecule has 2 amide bonds. The van der Waals surface area contributed by atoms with Crippen LogP contribution in [0.25, 0.3) is 0 Å². The summed E-state index contributed by atoms with van der Waals surface area (Å²) >= 11 is 0. The number of para-hydroxylation sites is 1. The minimum atomic E-state index is -1.53. The Morgan fingerprint density at radius 2 is 1.95 bits per heavy atom. The first-order chi connectivity index (χ1) is 9.91. The summed E-state index contributed by atoms with van der Waals surface area (Å²) in [5.41, 5.74) is 5.32. The van der Waals surface area contributed by atoms with Gasteiger partial charge in [0.05, 0.1) is 5.56 Å². The fourth-order valence-electron chi connectivity index (χ4n) is 1.46. The number of carbonyl (C=O) groups excluding carboxylic acids is 2. The van der Waals surface area contributed by atoms with Gasteiger partial charge in [-0.25, -0.2) is 4.79 Å². The molecule has 1 atom stereocenters. The van der Waals surface area contributed by atoms with Crippen molar-refractivity contribution in [2.75, 3.05) is 13.2 Å². The molecular formula is C13H16N2O6. The molecule has 0 aliphatic heterocycles. The third-order valence-corrected chi connectivity index (χ3v) is 2.54. The molecule has 21 heavy (non-hydrogen) atoms. The van der Waals surface area contributed by atoms with Crippen LogP contribution in [-0.2, 0) is 9.59 Å². The Morgan fingerprint density at radius 3 is 2.57 bits per heavy atom. The van der Waals surface area contributed by atoms with Crippen LogP contribution < -0.4 is 15.8 Å². The van der Waals surface area contributed by atoms with Crippen LogP contribution in [0.3, 0.4) is 0 Å². The van der Waals surface area contributed by atoms with Crippen LogP contribution in [0.2, 0.25) is 0 Å². The number of nitrogens with two attached hydrogens (primary N) is 1. The number of rotatable bonds is 8. The molecule has 0 bridgehead atoms. The molecule has 8 nitrogen and oxygen atoms in total. The Labute approximate surface area is 120 Å². The van der Waals surface area contributed by atoms with Crippen LogP contribution in [-0.4, -0.2) is 47.3 Å². The van der Waals surface area contributed by atoms with Crippen LogP contribution in [0.5, 0.6) is 5.75 Å². The molecule has 0 heterocycles. The van der Waals surface area contributed by atoms with Crippen LogP contribution in [0, 0.1) is 0 Å². The first-order valence-electron chi connectivity index (χ1n) is 6.11. The number of nitrogens with one attached hydrogen (secondary N) is 1. The number of aliphatic carboxylic acids is 1. The van der Waals surface area contributed by atoms with Crippen LogP contribution in [0.1, 0.15) is 16.8 Å². The number of benzene rings is 1. The zero-order chi connectivity index (χ0) is 15.8. The number of amides is 2. The van der Waals surface area contributed by atoms with E-state index in [1.807, 2.05) is 0 Å². The number of hydrogen-bond acceptors (Lipinski definition) is 5. The van der Waals surface area contributed by atoms with E-state index in [9.17, 15) is 14.4 Å². The molecular weight excluding hydrogens is 280 g/mol. The molecule has 0 unspecified atom stereocenters. The number of hydrogen-bond donors (Lipinski definition) is 4. The summed E-state index contributed by atoms with van der Waals surface area (Å²) < 4.78 is 5.17. The number of carboxylic acids is 1. The van der Waals surface area contributed by atoms with Crippen molar-refractivity contribution in [3.63, 3.8) is 0 Å². The van der Waals surface area contributed by atoms with Crippen molar-refractivity contribution in [1.29, 1.82) is 0 Å². The highest BCUT2D eigenvalue weighted by molar-refractivity contribution is 5.95. The molecule has 8 heteroatoms. The molecule has 0 spiro atoms. The molecule has 0 saturated heterocycles. The van der Waals surface area contributed by atoms with Crippen molar-refractivity contribution < 1.29 is 29.3 Å². The average Bonchev–Trinajstić information content (AvgIpc) is 2.45. The lowest BCUT2D eigenvalue weighted by Gasteiger charge is -2.10. The van der Waals surface area contributed by atoms with Crippen LogP contribution in [0.4, 0.5) is 0 Å². The second-order valence-corrected chi connectivity index (χ2v) is 4.14. The van der Waals surface area contributed by atoms with Gasteiger partial charge in [0, 0.05) is 13.0 Å². The number of aliphatic hydroxyl groups excluding tert-OH is 1. The standard InChI is InChI=1S/C13H16N2O6/c14-12(18)8-3-1-2-4-10(8)21-7-11(17)15-6-5-9(16)13(19)20/h1-4,9,16H,5-7H2,(H2,14,18)(H,15,17)(H,19,20)/t9-/m0/s1. The van der Waals surface area contributed by atoms with E-state index in [-0.39, 0.29) is 30.9 Å². The molecule has 0 aliphatic carbocycles. The molecule has 0 saturated carbocycles. The van der Waals surface area contributed by atoms with Gasteiger partial charge in [0.1, 0.15) is 5.75 Å². The van der Waals surface area contributed by atoms with Gasteiger partial charge in [0.2, 0.25) is 0 Å². The number of carbonyl (C=O) groups is 3. The van der Waals surface area contributed by atoms with E-state index in [1.165, 1.54) is 12.1 Å². The van der Waals surface area contributed by atoms with E-state index < -0.39 is 23.9 Å². The van der Waals surface area contributed by atoms with Gasteiger partial charge in [-0.1, -0.05) is 12.1 Å².